The van der Waals surface area contributed by atoms with Crippen LogP contribution in [0.2, 0.25) is 0 Å². The number of hydrogen-bond acceptors (Lipinski definition) is 3. The van der Waals surface area contributed by atoms with Crippen LogP contribution in [0.3, 0.4) is 0 Å². The molecule has 1 rings (SSSR count). The highest BCUT2D eigenvalue weighted by Gasteiger charge is 2.14. The molecule has 1 aromatic rings. The third kappa shape index (κ3) is 3.72. The van der Waals surface area contributed by atoms with E-state index >= 15 is 0 Å². The van der Waals surface area contributed by atoms with Crippen molar-refractivity contribution in [2.45, 2.75) is 32.1 Å². The fourth-order valence-corrected chi connectivity index (χ4v) is 2.23. The summed E-state index contributed by atoms with van der Waals surface area (Å²) in [6.45, 7) is 6.28. The standard InChI is InChI=1S/C13H20O2S/c1-9(2)16-8-12(14)11-7-10(3)5-6-13(11)15-4/h5-7,9,12,14H,8H2,1-4H3. The van der Waals surface area contributed by atoms with Gasteiger partial charge in [0.2, 0.25) is 0 Å². The van der Waals surface area contributed by atoms with Gasteiger partial charge in [-0.2, -0.15) is 11.8 Å². The summed E-state index contributed by atoms with van der Waals surface area (Å²) in [4.78, 5) is 0. The molecule has 0 fully saturated rings. The second-order valence-electron chi connectivity index (χ2n) is 4.14. The van der Waals surface area contributed by atoms with Crippen molar-refractivity contribution in [2.75, 3.05) is 12.9 Å². The van der Waals surface area contributed by atoms with Crippen molar-refractivity contribution < 1.29 is 9.84 Å². The smallest absolute Gasteiger partial charge is 0.124 e. The normalized spacial score (nSPS) is 12.9. The summed E-state index contributed by atoms with van der Waals surface area (Å²) in [5.41, 5.74) is 2.03. The van der Waals surface area contributed by atoms with Crippen LogP contribution in [-0.4, -0.2) is 23.2 Å². The topological polar surface area (TPSA) is 29.5 Å². The zero-order valence-electron chi connectivity index (χ0n) is 10.4. The lowest BCUT2D eigenvalue weighted by Crippen LogP contribution is -2.05. The van der Waals surface area contributed by atoms with Crippen molar-refractivity contribution in [2.24, 2.45) is 0 Å². The van der Waals surface area contributed by atoms with Crippen LogP contribution in [0.5, 0.6) is 5.75 Å². The minimum atomic E-state index is -0.456. The Labute approximate surface area is 102 Å². The molecule has 2 nitrogen and oxygen atoms in total. The monoisotopic (exact) mass is 240 g/mol. The van der Waals surface area contributed by atoms with Crippen molar-refractivity contribution in [1.29, 1.82) is 0 Å². The van der Waals surface area contributed by atoms with E-state index in [0.29, 0.717) is 11.0 Å². The summed E-state index contributed by atoms with van der Waals surface area (Å²) < 4.78 is 5.26. The molecule has 0 aliphatic rings. The van der Waals surface area contributed by atoms with Gasteiger partial charge in [-0.15, -0.1) is 0 Å². The van der Waals surface area contributed by atoms with Crippen LogP contribution in [-0.2, 0) is 0 Å². The second kappa shape index (κ2) is 6.16. The maximum Gasteiger partial charge on any atom is 0.124 e. The molecule has 1 aromatic carbocycles. The highest BCUT2D eigenvalue weighted by atomic mass is 32.2. The lowest BCUT2D eigenvalue weighted by molar-refractivity contribution is 0.199. The number of thioether (sulfide) groups is 1. The molecule has 0 aromatic heterocycles. The quantitative estimate of drug-likeness (QED) is 0.857. The average Bonchev–Trinajstić information content (AvgIpc) is 2.25. The van der Waals surface area contributed by atoms with Crippen molar-refractivity contribution in [3.63, 3.8) is 0 Å². The van der Waals surface area contributed by atoms with E-state index in [4.69, 9.17) is 4.74 Å². The third-order valence-corrected chi connectivity index (χ3v) is 3.51. The Morgan fingerprint density at radius 3 is 2.62 bits per heavy atom. The minimum Gasteiger partial charge on any atom is -0.496 e. The number of hydrogen-bond donors (Lipinski definition) is 1. The first kappa shape index (κ1) is 13.4. The van der Waals surface area contributed by atoms with Crippen LogP contribution < -0.4 is 4.74 Å². The number of aliphatic hydroxyl groups excluding tert-OH is 1. The van der Waals surface area contributed by atoms with E-state index in [2.05, 4.69) is 13.8 Å². The molecule has 90 valence electrons. The van der Waals surface area contributed by atoms with Crippen molar-refractivity contribution in [1.82, 2.24) is 0 Å². The predicted octanol–water partition coefficient (Wildman–Crippen LogP) is 3.18. The maximum atomic E-state index is 10.1. The Morgan fingerprint density at radius 2 is 2.06 bits per heavy atom. The second-order valence-corrected chi connectivity index (χ2v) is 5.75. The third-order valence-electron chi connectivity index (χ3n) is 2.33. The molecule has 0 saturated carbocycles. The maximum absolute atomic E-state index is 10.1. The van der Waals surface area contributed by atoms with Gasteiger partial charge in [-0.05, 0) is 24.3 Å². The Bertz CT molecular complexity index is 337. The molecule has 16 heavy (non-hydrogen) atoms. The number of ether oxygens (including phenoxy) is 1. The minimum absolute atomic E-state index is 0.456. The molecule has 0 aliphatic heterocycles. The lowest BCUT2D eigenvalue weighted by atomic mass is 10.1. The van der Waals surface area contributed by atoms with Gasteiger partial charge in [0.1, 0.15) is 5.75 Å². The van der Waals surface area contributed by atoms with Gasteiger partial charge in [-0.25, -0.2) is 0 Å². The van der Waals surface area contributed by atoms with Gasteiger partial charge in [0.25, 0.3) is 0 Å². The molecule has 0 aliphatic carbocycles. The van der Waals surface area contributed by atoms with E-state index in [1.807, 2.05) is 25.1 Å². The highest BCUT2D eigenvalue weighted by Crippen LogP contribution is 2.29. The lowest BCUT2D eigenvalue weighted by Gasteiger charge is -2.16. The van der Waals surface area contributed by atoms with Gasteiger partial charge in [-0.1, -0.05) is 25.5 Å². The number of aryl methyl sites for hydroxylation is 1. The molecule has 0 spiro atoms. The Balaban J connectivity index is 2.80. The van der Waals surface area contributed by atoms with Crippen molar-refractivity contribution >= 4 is 11.8 Å². The van der Waals surface area contributed by atoms with Crippen LogP contribution in [0.25, 0.3) is 0 Å². The SMILES string of the molecule is COc1ccc(C)cc1C(O)CSC(C)C. The molecule has 0 radical (unpaired) electrons. The molecular weight excluding hydrogens is 220 g/mol. The molecule has 0 bridgehead atoms. The van der Waals surface area contributed by atoms with E-state index in [1.165, 1.54) is 0 Å². The summed E-state index contributed by atoms with van der Waals surface area (Å²) in [6, 6.07) is 5.89. The molecule has 1 atom stereocenters. The van der Waals surface area contributed by atoms with Gasteiger partial charge in [0.05, 0.1) is 13.2 Å². The fourth-order valence-electron chi connectivity index (χ4n) is 1.49. The number of methoxy groups -OCH3 is 1. The number of benzene rings is 1. The molecular formula is C13H20O2S. The highest BCUT2D eigenvalue weighted by molar-refractivity contribution is 7.99. The Hall–Kier alpha value is -0.670. The van der Waals surface area contributed by atoms with Crippen molar-refractivity contribution in [3.05, 3.63) is 29.3 Å². The van der Waals surface area contributed by atoms with Crippen LogP contribution in [0.15, 0.2) is 18.2 Å². The summed E-state index contributed by atoms with van der Waals surface area (Å²) in [5.74, 6) is 1.47. The van der Waals surface area contributed by atoms with Gasteiger partial charge < -0.3 is 9.84 Å². The zero-order chi connectivity index (χ0) is 12.1. The molecule has 1 N–H and O–H groups in total. The van der Waals surface area contributed by atoms with E-state index in [0.717, 1.165) is 16.9 Å². The molecule has 1 unspecified atom stereocenters. The van der Waals surface area contributed by atoms with E-state index < -0.39 is 6.10 Å². The molecule has 3 heteroatoms. The number of rotatable bonds is 5. The van der Waals surface area contributed by atoms with Gasteiger partial charge in [0.15, 0.2) is 0 Å². The fraction of sp³-hybridized carbons (Fsp3) is 0.538. The summed E-state index contributed by atoms with van der Waals surface area (Å²) in [5, 5.41) is 10.6. The van der Waals surface area contributed by atoms with Crippen LogP contribution in [0.4, 0.5) is 0 Å². The summed E-state index contributed by atoms with van der Waals surface area (Å²) in [6.07, 6.45) is -0.456. The average molecular weight is 240 g/mol. The molecule has 0 saturated heterocycles. The summed E-state index contributed by atoms with van der Waals surface area (Å²) >= 11 is 1.75. The largest absolute Gasteiger partial charge is 0.496 e. The van der Waals surface area contributed by atoms with Crippen LogP contribution >= 0.6 is 11.8 Å². The van der Waals surface area contributed by atoms with Gasteiger partial charge in [-0.3, -0.25) is 0 Å². The predicted molar refractivity (Wildman–Crippen MR) is 70.3 cm³/mol. The Kier molecular flexibility index (Phi) is 5.16. The van der Waals surface area contributed by atoms with Crippen LogP contribution in [0, 0.1) is 6.92 Å². The molecule has 0 heterocycles. The van der Waals surface area contributed by atoms with E-state index in [1.54, 1.807) is 18.9 Å². The first-order chi connectivity index (χ1) is 7.54. The first-order valence-corrected chi connectivity index (χ1v) is 6.53. The first-order valence-electron chi connectivity index (χ1n) is 5.48. The number of aliphatic hydroxyl groups is 1. The molecule has 0 amide bonds. The van der Waals surface area contributed by atoms with Crippen molar-refractivity contribution in [3.8, 4) is 5.75 Å². The zero-order valence-corrected chi connectivity index (χ0v) is 11.2. The van der Waals surface area contributed by atoms with E-state index in [-0.39, 0.29) is 0 Å². The van der Waals surface area contributed by atoms with Gasteiger partial charge >= 0.3 is 0 Å². The van der Waals surface area contributed by atoms with E-state index in [9.17, 15) is 5.11 Å². The Morgan fingerprint density at radius 1 is 1.38 bits per heavy atom. The van der Waals surface area contributed by atoms with Crippen LogP contribution in [0.1, 0.15) is 31.1 Å². The summed E-state index contributed by atoms with van der Waals surface area (Å²) in [7, 11) is 1.64. The van der Waals surface area contributed by atoms with Gasteiger partial charge in [0, 0.05) is 11.3 Å².